The Bertz CT molecular complexity index is 556. The summed E-state index contributed by atoms with van der Waals surface area (Å²) in [7, 11) is 0. The summed E-state index contributed by atoms with van der Waals surface area (Å²) in [5.41, 5.74) is 6.95. The van der Waals surface area contributed by atoms with E-state index in [1.807, 2.05) is 0 Å². The second-order valence-electron chi connectivity index (χ2n) is 5.61. The third-order valence-corrected chi connectivity index (χ3v) is 3.59. The number of allylic oxidation sites excluding steroid dienone is 2. The number of hydrogen-bond acceptors (Lipinski definition) is 0. The van der Waals surface area contributed by atoms with Crippen molar-refractivity contribution in [1.82, 2.24) is 0 Å². The molecule has 2 rings (SSSR count). The third kappa shape index (κ3) is 4.38. The van der Waals surface area contributed by atoms with Crippen LogP contribution in [0.2, 0.25) is 0 Å². The quantitative estimate of drug-likeness (QED) is 0.627. The Morgan fingerprint density at radius 1 is 0.850 bits per heavy atom. The van der Waals surface area contributed by atoms with Crippen molar-refractivity contribution in [2.45, 2.75) is 40.0 Å². The number of hydrogen-bond donors (Lipinski definition) is 0. The van der Waals surface area contributed by atoms with Gasteiger partial charge in [-0.1, -0.05) is 72.7 Å². The molecule has 2 aromatic rings. The number of benzene rings is 2. The van der Waals surface area contributed by atoms with E-state index in [9.17, 15) is 0 Å². The fraction of sp³-hybridized carbons (Fsp3) is 0.300. The molecule has 0 aromatic heterocycles. The molecule has 0 unspecified atom stereocenters. The normalized spacial score (nSPS) is 11.7. The van der Waals surface area contributed by atoms with Gasteiger partial charge in [0, 0.05) is 0 Å². The minimum absolute atomic E-state index is 1.02. The van der Waals surface area contributed by atoms with Crippen LogP contribution in [0.5, 0.6) is 0 Å². The molecule has 0 nitrogen and oxygen atoms in total. The van der Waals surface area contributed by atoms with Gasteiger partial charge in [0.15, 0.2) is 0 Å². The van der Waals surface area contributed by atoms with Gasteiger partial charge in [-0.05, 0) is 49.8 Å². The molecule has 0 heterocycles. The molecule has 0 atom stereocenters. The molecule has 0 amide bonds. The summed E-state index contributed by atoms with van der Waals surface area (Å²) in [5, 5.41) is 0. The van der Waals surface area contributed by atoms with Crippen LogP contribution in [0, 0.1) is 6.92 Å². The van der Waals surface area contributed by atoms with E-state index in [1.165, 1.54) is 27.8 Å². The van der Waals surface area contributed by atoms with Gasteiger partial charge in [0.25, 0.3) is 0 Å². The Labute approximate surface area is 123 Å². The van der Waals surface area contributed by atoms with E-state index in [4.69, 9.17) is 0 Å². The summed E-state index contributed by atoms with van der Waals surface area (Å²) in [6.45, 7) is 6.53. The van der Waals surface area contributed by atoms with E-state index in [2.05, 4.69) is 75.4 Å². The lowest BCUT2D eigenvalue weighted by molar-refractivity contribution is 1.08. The molecular weight excluding hydrogens is 240 g/mol. The number of rotatable bonds is 5. The van der Waals surface area contributed by atoms with Crippen LogP contribution in [-0.2, 0) is 12.8 Å². The van der Waals surface area contributed by atoms with Crippen LogP contribution in [0.1, 0.15) is 42.5 Å². The predicted molar refractivity (Wildman–Crippen MR) is 88.2 cm³/mol. The molecule has 0 spiro atoms. The summed E-state index contributed by atoms with van der Waals surface area (Å²) in [6.07, 6.45) is 5.51. The lowest BCUT2D eigenvalue weighted by atomic mass is 10.00. The average molecular weight is 264 g/mol. The first-order valence-corrected chi connectivity index (χ1v) is 7.46. The largest absolute Gasteiger partial charge is 0.0855 e. The molecule has 0 heteroatoms. The Balaban J connectivity index is 2.01. The second kappa shape index (κ2) is 7.09. The van der Waals surface area contributed by atoms with Crippen molar-refractivity contribution in [3.05, 3.63) is 82.4 Å². The average Bonchev–Trinajstić information content (AvgIpc) is 2.44. The minimum atomic E-state index is 1.02. The fourth-order valence-electron chi connectivity index (χ4n) is 2.46. The first-order valence-electron chi connectivity index (χ1n) is 7.46. The van der Waals surface area contributed by atoms with Gasteiger partial charge in [-0.15, -0.1) is 0 Å². The van der Waals surface area contributed by atoms with E-state index in [0.29, 0.717) is 0 Å². The summed E-state index contributed by atoms with van der Waals surface area (Å²) in [6, 6.07) is 17.8. The lowest BCUT2D eigenvalue weighted by Gasteiger charge is -2.06. The Kier molecular flexibility index (Phi) is 5.17. The van der Waals surface area contributed by atoms with Gasteiger partial charge < -0.3 is 0 Å². The highest BCUT2D eigenvalue weighted by Gasteiger charge is 1.98. The molecule has 2 aromatic carbocycles. The van der Waals surface area contributed by atoms with Gasteiger partial charge in [-0.25, -0.2) is 0 Å². The van der Waals surface area contributed by atoms with E-state index < -0.39 is 0 Å². The van der Waals surface area contributed by atoms with Gasteiger partial charge in [-0.3, -0.25) is 0 Å². The maximum Gasteiger partial charge on any atom is -0.00258 e. The number of aryl methyl sites for hydroxylation is 1. The van der Waals surface area contributed by atoms with Crippen LogP contribution in [0.15, 0.2) is 60.2 Å². The standard InChI is InChI=1S/C20H24/c1-4-5-17(3)14-18-10-12-20(13-11-18)15-19-8-6-16(2)7-9-19/h5-13H,4,14-15H2,1-3H3/b17-5+. The topological polar surface area (TPSA) is 0 Å². The molecule has 0 aliphatic heterocycles. The van der Waals surface area contributed by atoms with Crippen LogP contribution in [-0.4, -0.2) is 0 Å². The predicted octanol–water partition coefficient (Wildman–Crippen LogP) is 5.48. The van der Waals surface area contributed by atoms with Gasteiger partial charge in [0.2, 0.25) is 0 Å². The Morgan fingerprint density at radius 2 is 1.35 bits per heavy atom. The molecule has 0 N–H and O–H groups in total. The van der Waals surface area contributed by atoms with Crippen LogP contribution in [0.4, 0.5) is 0 Å². The van der Waals surface area contributed by atoms with Gasteiger partial charge in [0.1, 0.15) is 0 Å². The van der Waals surface area contributed by atoms with E-state index in [0.717, 1.165) is 19.3 Å². The van der Waals surface area contributed by atoms with Crippen molar-refractivity contribution in [3.8, 4) is 0 Å². The Hall–Kier alpha value is -1.82. The summed E-state index contributed by atoms with van der Waals surface area (Å²) < 4.78 is 0. The maximum atomic E-state index is 2.31. The monoisotopic (exact) mass is 264 g/mol. The molecule has 20 heavy (non-hydrogen) atoms. The Morgan fingerprint density at radius 3 is 1.90 bits per heavy atom. The van der Waals surface area contributed by atoms with Gasteiger partial charge in [0.05, 0.1) is 0 Å². The summed E-state index contributed by atoms with van der Waals surface area (Å²) in [4.78, 5) is 0. The zero-order chi connectivity index (χ0) is 14.4. The van der Waals surface area contributed by atoms with Crippen LogP contribution in [0.3, 0.4) is 0 Å². The third-order valence-electron chi connectivity index (χ3n) is 3.59. The van der Waals surface area contributed by atoms with E-state index >= 15 is 0 Å². The van der Waals surface area contributed by atoms with Crippen molar-refractivity contribution >= 4 is 0 Å². The molecule has 0 radical (unpaired) electrons. The molecule has 0 saturated carbocycles. The maximum absolute atomic E-state index is 2.31. The summed E-state index contributed by atoms with van der Waals surface area (Å²) >= 11 is 0. The van der Waals surface area contributed by atoms with Crippen molar-refractivity contribution in [2.75, 3.05) is 0 Å². The minimum Gasteiger partial charge on any atom is -0.0855 e. The molecule has 0 saturated heterocycles. The first-order chi connectivity index (χ1) is 9.67. The zero-order valence-electron chi connectivity index (χ0n) is 12.8. The SMILES string of the molecule is CC/C=C(\C)Cc1ccc(Cc2ccc(C)cc2)cc1. The second-order valence-corrected chi connectivity index (χ2v) is 5.61. The molecular formula is C20H24. The van der Waals surface area contributed by atoms with Crippen LogP contribution in [0.25, 0.3) is 0 Å². The van der Waals surface area contributed by atoms with Crippen LogP contribution < -0.4 is 0 Å². The highest BCUT2D eigenvalue weighted by Crippen LogP contribution is 2.14. The molecule has 0 aliphatic rings. The van der Waals surface area contributed by atoms with Crippen molar-refractivity contribution in [1.29, 1.82) is 0 Å². The van der Waals surface area contributed by atoms with Crippen molar-refractivity contribution < 1.29 is 0 Å². The molecule has 0 aliphatic carbocycles. The highest BCUT2D eigenvalue weighted by molar-refractivity contribution is 5.31. The van der Waals surface area contributed by atoms with Crippen LogP contribution >= 0.6 is 0 Å². The van der Waals surface area contributed by atoms with Crippen molar-refractivity contribution in [2.24, 2.45) is 0 Å². The molecule has 0 bridgehead atoms. The zero-order valence-corrected chi connectivity index (χ0v) is 12.8. The van der Waals surface area contributed by atoms with E-state index in [1.54, 1.807) is 0 Å². The van der Waals surface area contributed by atoms with Crippen molar-refractivity contribution in [3.63, 3.8) is 0 Å². The van der Waals surface area contributed by atoms with Gasteiger partial charge in [-0.2, -0.15) is 0 Å². The highest BCUT2D eigenvalue weighted by atomic mass is 14.0. The molecule has 104 valence electrons. The van der Waals surface area contributed by atoms with Gasteiger partial charge >= 0.3 is 0 Å². The van der Waals surface area contributed by atoms with E-state index in [-0.39, 0.29) is 0 Å². The first kappa shape index (κ1) is 14.6. The smallest absolute Gasteiger partial charge is 0.00258 e. The lowest BCUT2D eigenvalue weighted by Crippen LogP contribution is -1.91. The fourth-order valence-corrected chi connectivity index (χ4v) is 2.46. The summed E-state index contributed by atoms with van der Waals surface area (Å²) in [5.74, 6) is 0. The molecule has 0 fully saturated rings.